The minimum absolute atomic E-state index is 0.0880. The molecule has 0 aromatic carbocycles. The van der Waals surface area contributed by atoms with Crippen LogP contribution in [0.4, 0.5) is 0 Å². The lowest BCUT2D eigenvalue weighted by Gasteiger charge is -1.96. The van der Waals surface area contributed by atoms with Crippen LogP contribution in [0.1, 0.15) is 66.2 Å². The van der Waals surface area contributed by atoms with Crippen molar-refractivity contribution in [2.24, 2.45) is 0 Å². The first-order valence-electron chi connectivity index (χ1n) is 7.99. The van der Waals surface area contributed by atoms with Gasteiger partial charge in [0.15, 0.2) is 0 Å². The van der Waals surface area contributed by atoms with Crippen molar-refractivity contribution >= 4 is 23.9 Å². The van der Waals surface area contributed by atoms with Gasteiger partial charge in [-0.05, 0) is 26.7 Å². The van der Waals surface area contributed by atoms with Crippen LogP contribution < -0.4 is 0 Å². The summed E-state index contributed by atoms with van der Waals surface area (Å²) in [4.78, 5) is 40.1. The number of aliphatic carboxylic acids is 2. The van der Waals surface area contributed by atoms with Crippen LogP contribution in [-0.2, 0) is 28.7 Å². The molecule has 0 bridgehead atoms. The summed E-state index contributed by atoms with van der Waals surface area (Å²) in [6.45, 7) is 8.53. The van der Waals surface area contributed by atoms with E-state index in [1.165, 1.54) is 0 Å². The molecule has 0 aromatic rings. The summed E-state index contributed by atoms with van der Waals surface area (Å²) in [7, 11) is 0. The fourth-order valence-electron chi connectivity index (χ4n) is 1.09. The second-order valence-electron chi connectivity index (χ2n) is 4.40. The maximum absolute atomic E-state index is 10.4. The average molecular weight is 350 g/mol. The lowest BCUT2D eigenvalue weighted by molar-refractivity contribution is -0.144. The van der Waals surface area contributed by atoms with E-state index in [9.17, 15) is 19.2 Å². The molecule has 8 nitrogen and oxygen atoms in total. The minimum atomic E-state index is -1.08. The smallest absolute Gasteiger partial charge is 0.305 e. The van der Waals surface area contributed by atoms with Crippen LogP contribution in [-0.4, -0.2) is 47.3 Å². The molecule has 0 aliphatic carbocycles. The van der Waals surface area contributed by atoms with Crippen molar-refractivity contribution in [2.45, 2.75) is 66.2 Å². The normalized spacial score (nSPS) is 8.67. The van der Waals surface area contributed by atoms with Gasteiger partial charge in [0.2, 0.25) is 0 Å². The lowest BCUT2D eigenvalue weighted by Crippen LogP contribution is -2.01. The lowest BCUT2D eigenvalue weighted by atomic mass is 10.3. The van der Waals surface area contributed by atoms with Gasteiger partial charge < -0.3 is 19.7 Å². The predicted molar refractivity (Wildman–Crippen MR) is 87.6 cm³/mol. The van der Waals surface area contributed by atoms with Crippen LogP contribution in [0, 0.1) is 0 Å². The molecule has 24 heavy (non-hydrogen) atoms. The third-order valence-electron chi connectivity index (χ3n) is 2.07. The molecule has 0 aliphatic heterocycles. The maximum Gasteiger partial charge on any atom is 0.305 e. The molecule has 0 saturated carbocycles. The van der Waals surface area contributed by atoms with Crippen molar-refractivity contribution in [2.75, 3.05) is 13.2 Å². The number of ether oxygens (including phenoxy) is 2. The van der Waals surface area contributed by atoms with E-state index in [1.807, 2.05) is 27.7 Å². The first-order valence-corrected chi connectivity index (χ1v) is 7.99. The van der Waals surface area contributed by atoms with E-state index < -0.39 is 11.9 Å². The second-order valence-corrected chi connectivity index (χ2v) is 4.40. The van der Waals surface area contributed by atoms with Crippen LogP contribution in [0.5, 0.6) is 0 Å². The number of esters is 2. The SMILES string of the molecule is CCCC(=O)OCC.CCCC(=O)OCC.O=C(O)CCC(=O)O. The van der Waals surface area contributed by atoms with Gasteiger partial charge in [-0.2, -0.15) is 0 Å². The first kappa shape index (κ1) is 26.8. The van der Waals surface area contributed by atoms with E-state index in [4.69, 9.17) is 10.2 Å². The van der Waals surface area contributed by atoms with Gasteiger partial charge in [-0.15, -0.1) is 0 Å². The number of hydrogen-bond acceptors (Lipinski definition) is 6. The van der Waals surface area contributed by atoms with Crippen molar-refractivity contribution in [3.05, 3.63) is 0 Å². The molecule has 142 valence electrons. The first-order chi connectivity index (χ1) is 11.2. The van der Waals surface area contributed by atoms with Gasteiger partial charge in [-0.1, -0.05) is 13.8 Å². The molecule has 0 rings (SSSR count). The Morgan fingerprint density at radius 2 is 0.917 bits per heavy atom. The van der Waals surface area contributed by atoms with Crippen molar-refractivity contribution in [1.82, 2.24) is 0 Å². The topological polar surface area (TPSA) is 127 Å². The molecule has 0 unspecified atom stereocenters. The predicted octanol–water partition coefficient (Wildman–Crippen LogP) is 2.64. The summed E-state index contributed by atoms with van der Waals surface area (Å²) in [6.07, 6.45) is 2.25. The Labute approximate surface area is 143 Å². The van der Waals surface area contributed by atoms with E-state index >= 15 is 0 Å². The third-order valence-corrected chi connectivity index (χ3v) is 2.07. The van der Waals surface area contributed by atoms with Crippen molar-refractivity contribution in [3.8, 4) is 0 Å². The van der Waals surface area contributed by atoms with Gasteiger partial charge >= 0.3 is 23.9 Å². The molecule has 0 radical (unpaired) electrons. The highest BCUT2D eigenvalue weighted by molar-refractivity contribution is 5.75. The number of carboxylic acid groups (broad SMARTS) is 2. The Bertz CT molecular complexity index is 302. The highest BCUT2D eigenvalue weighted by Crippen LogP contribution is 1.90. The van der Waals surface area contributed by atoms with Crippen LogP contribution in [0.3, 0.4) is 0 Å². The number of hydrogen-bond donors (Lipinski definition) is 2. The Balaban J connectivity index is -0.000000276. The quantitative estimate of drug-likeness (QED) is 0.607. The monoisotopic (exact) mass is 350 g/mol. The van der Waals surface area contributed by atoms with Gasteiger partial charge in [-0.25, -0.2) is 0 Å². The van der Waals surface area contributed by atoms with E-state index in [0.717, 1.165) is 12.8 Å². The van der Waals surface area contributed by atoms with E-state index in [2.05, 4.69) is 9.47 Å². The van der Waals surface area contributed by atoms with Crippen molar-refractivity contribution in [3.63, 3.8) is 0 Å². The van der Waals surface area contributed by atoms with Gasteiger partial charge in [0.25, 0.3) is 0 Å². The summed E-state index contributed by atoms with van der Waals surface area (Å²) in [5.41, 5.74) is 0. The fourth-order valence-corrected chi connectivity index (χ4v) is 1.09. The average Bonchev–Trinajstić information content (AvgIpc) is 2.47. The number of carboxylic acids is 2. The van der Waals surface area contributed by atoms with E-state index in [-0.39, 0.29) is 24.8 Å². The molecule has 0 aliphatic rings. The zero-order chi connectivity index (χ0) is 19.4. The Kier molecular flexibility index (Phi) is 23.3. The standard InChI is InChI=1S/2C6H12O2.C4H6O4/c2*1-3-5-6(7)8-4-2;5-3(6)1-2-4(7)8/h2*3-5H2,1-2H3;1-2H2,(H,5,6)(H,7,8). The largest absolute Gasteiger partial charge is 0.481 e. The minimum Gasteiger partial charge on any atom is -0.481 e. The molecular weight excluding hydrogens is 320 g/mol. The number of carbonyl (C=O) groups excluding carboxylic acids is 2. The van der Waals surface area contributed by atoms with Crippen molar-refractivity contribution < 1.29 is 38.9 Å². The summed E-state index contributed by atoms with van der Waals surface area (Å²) < 4.78 is 9.29. The second kappa shape index (κ2) is 20.9. The van der Waals surface area contributed by atoms with E-state index in [0.29, 0.717) is 26.1 Å². The zero-order valence-corrected chi connectivity index (χ0v) is 15.0. The summed E-state index contributed by atoms with van der Waals surface area (Å²) in [5, 5.41) is 15.8. The Hall–Kier alpha value is -2.12. The molecule has 0 heterocycles. The van der Waals surface area contributed by atoms with Crippen LogP contribution in [0.2, 0.25) is 0 Å². The molecular formula is C16H30O8. The molecule has 0 fully saturated rings. The summed E-state index contributed by atoms with van der Waals surface area (Å²) in [6, 6.07) is 0. The molecule has 0 aromatic heterocycles. The summed E-state index contributed by atoms with van der Waals surface area (Å²) in [5.74, 6) is -2.33. The van der Waals surface area contributed by atoms with E-state index in [1.54, 1.807) is 0 Å². The molecule has 0 atom stereocenters. The Morgan fingerprint density at radius 1 is 0.625 bits per heavy atom. The molecule has 0 saturated heterocycles. The third kappa shape index (κ3) is 32.0. The number of carbonyl (C=O) groups is 4. The highest BCUT2D eigenvalue weighted by atomic mass is 16.5. The zero-order valence-electron chi connectivity index (χ0n) is 15.0. The highest BCUT2D eigenvalue weighted by Gasteiger charge is 2.00. The van der Waals surface area contributed by atoms with Crippen molar-refractivity contribution in [1.29, 1.82) is 0 Å². The molecule has 0 amide bonds. The van der Waals surface area contributed by atoms with Gasteiger partial charge in [0, 0.05) is 12.8 Å². The van der Waals surface area contributed by atoms with Gasteiger partial charge in [0.05, 0.1) is 26.1 Å². The van der Waals surface area contributed by atoms with Gasteiger partial charge in [0.1, 0.15) is 0 Å². The fraction of sp³-hybridized carbons (Fsp3) is 0.750. The molecule has 8 heteroatoms. The van der Waals surface area contributed by atoms with Crippen LogP contribution >= 0.6 is 0 Å². The number of rotatable bonds is 9. The summed E-state index contributed by atoms with van der Waals surface area (Å²) >= 11 is 0. The maximum atomic E-state index is 10.4. The van der Waals surface area contributed by atoms with Crippen LogP contribution in [0.15, 0.2) is 0 Å². The Morgan fingerprint density at radius 3 is 1.08 bits per heavy atom. The molecule has 0 spiro atoms. The molecule has 2 N–H and O–H groups in total. The van der Waals surface area contributed by atoms with Gasteiger partial charge in [-0.3, -0.25) is 19.2 Å². The van der Waals surface area contributed by atoms with Crippen LogP contribution in [0.25, 0.3) is 0 Å².